The van der Waals surface area contributed by atoms with Gasteiger partial charge in [0.15, 0.2) is 0 Å². The zero-order valence-electron chi connectivity index (χ0n) is 12.9. The van der Waals surface area contributed by atoms with Gasteiger partial charge in [0.1, 0.15) is 18.0 Å². The van der Waals surface area contributed by atoms with E-state index in [1.165, 1.54) is 24.3 Å². The zero-order chi connectivity index (χ0) is 18.0. The van der Waals surface area contributed by atoms with Crippen LogP contribution in [0, 0.1) is 17.1 Å². The molecular formula is C17H13F4N3O. The molecule has 3 rings (SSSR count). The minimum atomic E-state index is -4.44. The largest absolute Gasteiger partial charge is 0.472 e. The molecule has 0 bridgehead atoms. The lowest BCUT2D eigenvalue weighted by molar-refractivity contribution is -0.137. The molecule has 0 N–H and O–H groups in total. The molecule has 1 aromatic carbocycles. The fourth-order valence-electron chi connectivity index (χ4n) is 2.71. The van der Waals surface area contributed by atoms with Crippen LogP contribution in [0.3, 0.4) is 0 Å². The number of nitriles is 1. The van der Waals surface area contributed by atoms with Crippen LogP contribution in [0.15, 0.2) is 36.5 Å². The molecule has 1 aliphatic rings. The first-order valence-electron chi connectivity index (χ1n) is 7.51. The lowest BCUT2D eigenvalue weighted by Gasteiger charge is -2.20. The Morgan fingerprint density at radius 2 is 2.04 bits per heavy atom. The Labute approximate surface area is 141 Å². The number of hydrogen-bond acceptors (Lipinski definition) is 4. The lowest BCUT2D eigenvalue weighted by Crippen LogP contribution is -2.25. The Kier molecular flexibility index (Phi) is 4.49. The monoisotopic (exact) mass is 351 g/mol. The van der Waals surface area contributed by atoms with Crippen molar-refractivity contribution in [2.45, 2.75) is 18.7 Å². The van der Waals surface area contributed by atoms with E-state index in [4.69, 9.17) is 10.00 Å². The van der Waals surface area contributed by atoms with Gasteiger partial charge in [0.05, 0.1) is 23.4 Å². The predicted octanol–water partition coefficient (Wildman–Crippen LogP) is 3.77. The summed E-state index contributed by atoms with van der Waals surface area (Å²) in [4.78, 5) is 5.57. The molecule has 130 valence electrons. The van der Waals surface area contributed by atoms with E-state index in [-0.39, 0.29) is 17.5 Å². The molecule has 0 amide bonds. The number of ether oxygens (including phenoxy) is 1. The molecule has 1 fully saturated rings. The minimum Gasteiger partial charge on any atom is -0.472 e. The van der Waals surface area contributed by atoms with Crippen molar-refractivity contribution in [3.8, 4) is 11.9 Å². The number of aromatic nitrogens is 1. The zero-order valence-corrected chi connectivity index (χ0v) is 12.9. The molecule has 0 unspecified atom stereocenters. The molecule has 25 heavy (non-hydrogen) atoms. The molecule has 1 aromatic heterocycles. The van der Waals surface area contributed by atoms with Crippen LogP contribution in [0.4, 0.5) is 23.2 Å². The van der Waals surface area contributed by atoms with Crippen LogP contribution in [0.25, 0.3) is 0 Å². The number of rotatable bonds is 3. The summed E-state index contributed by atoms with van der Waals surface area (Å²) in [6.07, 6.45) is -3.37. The van der Waals surface area contributed by atoms with Crippen LogP contribution in [0.2, 0.25) is 0 Å². The number of nitrogens with zero attached hydrogens (tertiary/aromatic N) is 3. The molecule has 0 radical (unpaired) electrons. The Morgan fingerprint density at radius 3 is 2.68 bits per heavy atom. The first-order chi connectivity index (χ1) is 11.9. The summed E-state index contributed by atoms with van der Waals surface area (Å²) in [7, 11) is 0. The van der Waals surface area contributed by atoms with Crippen LogP contribution >= 0.6 is 0 Å². The van der Waals surface area contributed by atoms with E-state index in [0.717, 1.165) is 12.3 Å². The van der Waals surface area contributed by atoms with Gasteiger partial charge in [-0.3, -0.25) is 0 Å². The first kappa shape index (κ1) is 17.0. The Balaban J connectivity index is 1.67. The summed E-state index contributed by atoms with van der Waals surface area (Å²) >= 11 is 0. The second-order valence-corrected chi connectivity index (χ2v) is 5.63. The first-order valence-corrected chi connectivity index (χ1v) is 7.51. The third kappa shape index (κ3) is 3.82. The van der Waals surface area contributed by atoms with Gasteiger partial charge in [-0.15, -0.1) is 0 Å². The quantitative estimate of drug-likeness (QED) is 0.790. The molecule has 2 heterocycles. The van der Waals surface area contributed by atoms with Crippen LogP contribution in [-0.2, 0) is 6.18 Å². The molecule has 0 aliphatic carbocycles. The highest BCUT2D eigenvalue weighted by Crippen LogP contribution is 2.30. The van der Waals surface area contributed by atoms with Gasteiger partial charge < -0.3 is 9.64 Å². The summed E-state index contributed by atoms with van der Waals surface area (Å²) in [6, 6.07) is 8.04. The number of pyridine rings is 1. The molecule has 1 saturated heterocycles. The molecule has 0 saturated carbocycles. The van der Waals surface area contributed by atoms with E-state index >= 15 is 0 Å². The maximum absolute atomic E-state index is 13.2. The fraction of sp³-hybridized carbons (Fsp3) is 0.294. The van der Waals surface area contributed by atoms with E-state index in [1.807, 2.05) is 11.0 Å². The molecule has 1 aliphatic heterocycles. The predicted molar refractivity (Wildman–Crippen MR) is 81.6 cm³/mol. The van der Waals surface area contributed by atoms with Crippen molar-refractivity contribution >= 4 is 5.69 Å². The maximum atomic E-state index is 13.2. The summed E-state index contributed by atoms with van der Waals surface area (Å²) in [5, 5.41) is 9.12. The molecular weight excluding hydrogens is 338 g/mol. The molecule has 0 spiro atoms. The smallest absolute Gasteiger partial charge is 0.417 e. The highest BCUT2D eigenvalue weighted by Gasteiger charge is 2.31. The minimum absolute atomic E-state index is 0.111. The average Bonchev–Trinajstić information content (AvgIpc) is 3.02. The second-order valence-electron chi connectivity index (χ2n) is 5.63. The second kappa shape index (κ2) is 6.59. The van der Waals surface area contributed by atoms with Crippen molar-refractivity contribution in [3.05, 3.63) is 53.5 Å². The molecule has 2 aromatic rings. The number of anilines is 1. The SMILES string of the molecule is N#Cc1cc(F)ccc1N1CC[C@H](Oc2ccc(C(F)(F)F)cn2)C1. The summed E-state index contributed by atoms with van der Waals surface area (Å²) in [5.74, 6) is -0.374. The van der Waals surface area contributed by atoms with Gasteiger partial charge in [0, 0.05) is 25.2 Å². The highest BCUT2D eigenvalue weighted by molar-refractivity contribution is 5.60. The van der Waals surface area contributed by atoms with Gasteiger partial charge in [-0.2, -0.15) is 18.4 Å². The number of benzene rings is 1. The Morgan fingerprint density at radius 1 is 1.24 bits per heavy atom. The lowest BCUT2D eigenvalue weighted by atomic mass is 10.2. The molecule has 4 nitrogen and oxygen atoms in total. The molecule has 1 atom stereocenters. The van der Waals surface area contributed by atoms with Gasteiger partial charge >= 0.3 is 6.18 Å². The van der Waals surface area contributed by atoms with Gasteiger partial charge in [-0.1, -0.05) is 0 Å². The number of alkyl halides is 3. The van der Waals surface area contributed by atoms with E-state index < -0.39 is 17.6 Å². The standard InChI is InChI=1S/C17H13F4N3O/c18-13-2-3-15(11(7-13)8-22)24-6-5-14(10-24)25-16-4-1-12(9-23-16)17(19,20)21/h1-4,7,9,14H,5-6,10H2/t14-/m0/s1. The third-order valence-electron chi connectivity index (χ3n) is 3.92. The highest BCUT2D eigenvalue weighted by atomic mass is 19.4. The summed E-state index contributed by atoms with van der Waals surface area (Å²) in [5.41, 5.74) is 0.00144. The van der Waals surface area contributed by atoms with E-state index in [0.29, 0.717) is 25.2 Å². The van der Waals surface area contributed by atoms with Crippen molar-refractivity contribution < 1.29 is 22.3 Å². The van der Waals surface area contributed by atoms with Crippen LogP contribution < -0.4 is 9.64 Å². The van der Waals surface area contributed by atoms with Crippen molar-refractivity contribution in [1.29, 1.82) is 5.26 Å². The van der Waals surface area contributed by atoms with Gasteiger partial charge in [-0.05, 0) is 24.3 Å². The number of halogens is 4. The Bertz CT molecular complexity index is 799. The van der Waals surface area contributed by atoms with Gasteiger partial charge in [0.25, 0.3) is 0 Å². The van der Waals surface area contributed by atoms with Crippen molar-refractivity contribution in [2.24, 2.45) is 0 Å². The topological polar surface area (TPSA) is 49.2 Å². The van der Waals surface area contributed by atoms with Gasteiger partial charge in [-0.25, -0.2) is 9.37 Å². The van der Waals surface area contributed by atoms with E-state index in [2.05, 4.69) is 4.98 Å². The van der Waals surface area contributed by atoms with Crippen molar-refractivity contribution in [2.75, 3.05) is 18.0 Å². The van der Waals surface area contributed by atoms with Crippen molar-refractivity contribution in [1.82, 2.24) is 4.98 Å². The third-order valence-corrected chi connectivity index (χ3v) is 3.92. The summed E-state index contributed by atoms with van der Waals surface area (Å²) < 4.78 is 56.4. The van der Waals surface area contributed by atoms with E-state index in [1.54, 1.807) is 0 Å². The van der Waals surface area contributed by atoms with Crippen LogP contribution in [0.5, 0.6) is 5.88 Å². The van der Waals surface area contributed by atoms with E-state index in [9.17, 15) is 17.6 Å². The Hall–Kier alpha value is -2.82. The van der Waals surface area contributed by atoms with Crippen LogP contribution in [-0.4, -0.2) is 24.2 Å². The normalized spacial score (nSPS) is 17.4. The number of hydrogen-bond donors (Lipinski definition) is 0. The van der Waals surface area contributed by atoms with Crippen LogP contribution in [0.1, 0.15) is 17.5 Å². The summed E-state index contributed by atoms with van der Waals surface area (Å²) in [6.45, 7) is 1.02. The fourth-order valence-corrected chi connectivity index (χ4v) is 2.71. The maximum Gasteiger partial charge on any atom is 0.417 e. The molecule has 8 heteroatoms. The van der Waals surface area contributed by atoms with Crippen molar-refractivity contribution in [3.63, 3.8) is 0 Å². The van der Waals surface area contributed by atoms with Gasteiger partial charge in [0.2, 0.25) is 5.88 Å². The average molecular weight is 351 g/mol.